The quantitative estimate of drug-likeness (QED) is 0.918. The van der Waals surface area contributed by atoms with Crippen molar-refractivity contribution in [2.75, 3.05) is 0 Å². The molecule has 0 saturated carbocycles. The SMILES string of the molecule is OC(c1cccc(OC(F)(F)F)c1)c1ccco1. The lowest BCUT2D eigenvalue weighted by Gasteiger charge is -2.12. The van der Waals surface area contributed by atoms with Crippen LogP contribution < -0.4 is 4.74 Å². The number of benzene rings is 1. The first-order valence-electron chi connectivity index (χ1n) is 5.03. The highest BCUT2D eigenvalue weighted by atomic mass is 19.4. The van der Waals surface area contributed by atoms with Gasteiger partial charge in [0.25, 0.3) is 0 Å². The van der Waals surface area contributed by atoms with E-state index in [0.717, 1.165) is 12.1 Å². The molecule has 1 atom stereocenters. The fraction of sp³-hybridized carbons (Fsp3) is 0.167. The average molecular weight is 258 g/mol. The summed E-state index contributed by atoms with van der Waals surface area (Å²) in [7, 11) is 0. The van der Waals surface area contributed by atoms with Crippen molar-refractivity contribution in [3.63, 3.8) is 0 Å². The van der Waals surface area contributed by atoms with E-state index < -0.39 is 12.5 Å². The van der Waals surface area contributed by atoms with Gasteiger partial charge < -0.3 is 14.3 Å². The van der Waals surface area contributed by atoms with Gasteiger partial charge in [0, 0.05) is 0 Å². The molecule has 1 aromatic heterocycles. The Kier molecular flexibility index (Phi) is 3.29. The number of furan rings is 1. The van der Waals surface area contributed by atoms with E-state index >= 15 is 0 Å². The Bertz CT molecular complexity index is 506. The molecule has 3 nitrogen and oxygen atoms in total. The van der Waals surface area contributed by atoms with Crippen molar-refractivity contribution in [1.29, 1.82) is 0 Å². The standard InChI is InChI=1S/C12H9F3O3/c13-12(14,15)18-9-4-1-3-8(7-9)11(16)10-5-2-6-17-10/h1-7,11,16H. The minimum absolute atomic E-state index is 0.249. The summed E-state index contributed by atoms with van der Waals surface area (Å²) in [5.74, 6) is -0.134. The van der Waals surface area contributed by atoms with Gasteiger partial charge in [0.15, 0.2) is 0 Å². The van der Waals surface area contributed by atoms with Gasteiger partial charge in [-0.3, -0.25) is 0 Å². The first kappa shape index (κ1) is 12.5. The molecule has 1 heterocycles. The lowest BCUT2D eigenvalue weighted by atomic mass is 10.1. The summed E-state index contributed by atoms with van der Waals surface area (Å²) in [4.78, 5) is 0. The lowest BCUT2D eigenvalue weighted by Crippen LogP contribution is -2.17. The van der Waals surface area contributed by atoms with Crippen molar-refractivity contribution < 1.29 is 27.4 Å². The highest BCUT2D eigenvalue weighted by Gasteiger charge is 2.31. The van der Waals surface area contributed by atoms with E-state index in [-0.39, 0.29) is 17.1 Å². The van der Waals surface area contributed by atoms with Gasteiger partial charge in [-0.15, -0.1) is 13.2 Å². The van der Waals surface area contributed by atoms with E-state index in [1.54, 1.807) is 6.07 Å². The molecule has 0 saturated heterocycles. The molecule has 0 bridgehead atoms. The third kappa shape index (κ3) is 3.04. The molecule has 0 amide bonds. The van der Waals surface area contributed by atoms with Gasteiger partial charge in [0.2, 0.25) is 0 Å². The molecule has 6 heteroatoms. The number of hydrogen-bond donors (Lipinski definition) is 1. The van der Waals surface area contributed by atoms with Crippen LogP contribution in [-0.4, -0.2) is 11.5 Å². The van der Waals surface area contributed by atoms with Crippen molar-refractivity contribution in [2.45, 2.75) is 12.5 Å². The maximum absolute atomic E-state index is 12.0. The van der Waals surface area contributed by atoms with Crippen molar-refractivity contribution in [2.24, 2.45) is 0 Å². The van der Waals surface area contributed by atoms with Crippen LogP contribution in [0, 0.1) is 0 Å². The molecule has 0 aliphatic heterocycles. The highest BCUT2D eigenvalue weighted by Crippen LogP contribution is 2.28. The van der Waals surface area contributed by atoms with Gasteiger partial charge in [-0.1, -0.05) is 12.1 Å². The molecule has 2 rings (SSSR count). The van der Waals surface area contributed by atoms with Crippen molar-refractivity contribution >= 4 is 0 Å². The Morgan fingerprint density at radius 2 is 1.94 bits per heavy atom. The zero-order valence-electron chi connectivity index (χ0n) is 9.02. The van der Waals surface area contributed by atoms with Crippen LogP contribution in [0.2, 0.25) is 0 Å². The monoisotopic (exact) mass is 258 g/mol. The molecule has 1 aromatic carbocycles. The fourth-order valence-electron chi connectivity index (χ4n) is 1.49. The Morgan fingerprint density at radius 3 is 2.56 bits per heavy atom. The predicted octanol–water partition coefficient (Wildman–Crippen LogP) is 3.26. The maximum atomic E-state index is 12.0. The van der Waals surface area contributed by atoms with Crippen LogP contribution in [0.3, 0.4) is 0 Å². The number of ether oxygens (including phenoxy) is 1. The van der Waals surface area contributed by atoms with E-state index in [1.165, 1.54) is 24.5 Å². The van der Waals surface area contributed by atoms with E-state index in [9.17, 15) is 18.3 Å². The van der Waals surface area contributed by atoms with Gasteiger partial charge in [-0.05, 0) is 29.8 Å². The van der Waals surface area contributed by atoms with E-state index in [2.05, 4.69) is 4.74 Å². The molecule has 0 fully saturated rings. The van der Waals surface area contributed by atoms with Crippen LogP contribution >= 0.6 is 0 Å². The second kappa shape index (κ2) is 4.73. The molecule has 18 heavy (non-hydrogen) atoms. The Morgan fingerprint density at radius 1 is 1.17 bits per heavy atom. The first-order valence-corrected chi connectivity index (χ1v) is 5.03. The minimum atomic E-state index is -4.76. The van der Waals surface area contributed by atoms with Gasteiger partial charge in [-0.25, -0.2) is 0 Å². The predicted molar refractivity (Wildman–Crippen MR) is 55.9 cm³/mol. The van der Waals surface area contributed by atoms with E-state index in [0.29, 0.717) is 0 Å². The molecule has 0 aliphatic carbocycles. The normalized spacial score (nSPS) is 13.3. The number of halogens is 3. The van der Waals surface area contributed by atoms with E-state index in [4.69, 9.17) is 4.42 Å². The molecular formula is C12H9F3O3. The molecule has 1 unspecified atom stereocenters. The van der Waals surface area contributed by atoms with Crippen LogP contribution in [0.5, 0.6) is 5.75 Å². The largest absolute Gasteiger partial charge is 0.573 e. The third-order valence-corrected chi connectivity index (χ3v) is 2.22. The first-order chi connectivity index (χ1) is 8.46. The molecular weight excluding hydrogens is 249 g/mol. The fourth-order valence-corrected chi connectivity index (χ4v) is 1.49. The van der Waals surface area contributed by atoms with Crippen LogP contribution in [0.1, 0.15) is 17.4 Å². The zero-order chi connectivity index (χ0) is 13.2. The summed E-state index contributed by atoms with van der Waals surface area (Å²) in [5.41, 5.74) is 0.256. The zero-order valence-corrected chi connectivity index (χ0v) is 9.02. The van der Waals surface area contributed by atoms with Crippen LogP contribution in [-0.2, 0) is 0 Å². The van der Waals surface area contributed by atoms with E-state index in [1.807, 2.05) is 0 Å². The molecule has 0 spiro atoms. The summed E-state index contributed by atoms with van der Waals surface area (Å²) in [6.07, 6.45) is -4.51. The number of alkyl halides is 3. The van der Waals surface area contributed by atoms with Crippen molar-refractivity contribution in [3.8, 4) is 5.75 Å². The second-order valence-electron chi connectivity index (χ2n) is 3.54. The Hall–Kier alpha value is -1.95. The van der Waals surface area contributed by atoms with Gasteiger partial charge >= 0.3 is 6.36 Å². The molecule has 0 radical (unpaired) electrons. The summed E-state index contributed by atoms with van der Waals surface area (Å²) in [5, 5.41) is 9.87. The highest BCUT2D eigenvalue weighted by molar-refractivity contribution is 5.32. The minimum Gasteiger partial charge on any atom is -0.466 e. The lowest BCUT2D eigenvalue weighted by molar-refractivity contribution is -0.274. The summed E-state index contributed by atoms with van der Waals surface area (Å²) < 4.78 is 44.9. The number of hydrogen-bond acceptors (Lipinski definition) is 3. The molecule has 0 aliphatic rings. The van der Waals surface area contributed by atoms with Crippen molar-refractivity contribution in [1.82, 2.24) is 0 Å². The average Bonchev–Trinajstić information content (AvgIpc) is 2.79. The van der Waals surface area contributed by atoms with Crippen molar-refractivity contribution in [3.05, 3.63) is 54.0 Å². The summed E-state index contributed by atoms with van der Waals surface area (Å²) in [6, 6.07) is 8.22. The van der Waals surface area contributed by atoms with Gasteiger partial charge in [-0.2, -0.15) is 0 Å². The summed E-state index contributed by atoms with van der Waals surface area (Å²) >= 11 is 0. The Labute approximate surface area is 100 Å². The molecule has 1 N–H and O–H groups in total. The third-order valence-electron chi connectivity index (χ3n) is 2.22. The smallest absolute Gasteiger partial charge is 0.466 e. The maximum Gasteiger partial charge on any atom is 0.573 e. The number of rotatable bonds is 3. The number of aliphatic hydroxyl groups excluding tert-OH is 1. The van der Waals surface area contributed by atoms with Gasteiger partial charge in [0.05, 0.1) is 6.26 Å². The molecule has 2 aromatic rings. The van der Waals surface area contributed by atoms with Gasteiger partial charge in [0.1, 0.15) is 17.6 Å². The number of aliphatic hydroxyl groups is 1. The summed E-state index contributed by atoms with van der Waals surface area (Å²) in [6.45, 7) is 0. The second-order valence-corrected chi connectivity index (χ2v) is 3.54. The molecule has 96 valence electrons. The van der Waals surface area contributed by atoms with Crippen LogP contribution in [0.4, 0.5) is 13.2 Å². The van der Waals surface area contributed by atoms with Crippen LogP contribution in [0.25, 0.3) is 0 Å². The topological polar surface area (TPSA) is 42.6 Å². The van der Waals surface area contributed by atoms with Crippen LogP contribution in [0.15, 0.2) is 47.1 Å². The Balaban J connectivity index is 2.22.